The van der Waals surface area contributed by atoms with Gasteiger partial charge in [-0.05, 0) is 49.8 Å². The fourth-order valence-electron chi connectivity index (χ4n) is 3.37. The number of nitrogens with one attached hydrogen (secondary N) is 1. The number of carbonyl (C=O) groups excluding carboxylic acids is 1. The summed E-state index contributed by atoms with van der Waals surface area (Å²) in [7, 11) is 0. The molecule has 1 aromatic carbocycles. The first-order chi connectivity index (χ1) is 12.1. The van der Waals surface area contributed by atoms with E-state index in [1.54, 1.807) is 4.90 Å². The van der Waals surface area contributed by atoms with Crippen LogP contribution in [0.25, 0.3) is 0 Å². The highest BCUT2D eigenvalue weighted by molar-refractivity contribution is 5.94. The standard InChI is InChI=1S/C18H20F2N4O/c19-13-3-4-15(20)14(10-13)18(25)24-7-5-11(6-8-24)9-16-21-17(23-22-16)12-1-2-12/h3-4,10-12H,1-2,5-9H2,(H,21,22,23). The first-order valence-corrected chi connectivity index (χ1v) is 8.75. The van der Waals surface area contributed by atoms with Crippen LogP contribution in [0.15, 0.2) is 18.2 Å². The molecule has 2 heterocycles. The van der Waals surface area contributed by atoms with Crippen molar-refractivity contribution in [3.8, 4) is 0 Å². The third-order valence-electron chi connectivity index (χ3n) is 5.03. The van der Waals surface area contributed by atoms with Crippen LogP contribution in [0, 0.1) is 17.6 Å². The molecule has 0 bridgehead atoms. The molecule has 2 aromatic rings. The van der Waals surface area contributed by atoms with Crippen molar-refractivity contribution < 1.29 is 13.6 Å². The van der Waals surface area contributed by atoms with E-state index in [0.717, 1.165) is 49.1 Å². The molecule has 4 rings (SSSR count). The Balaban J connectivity index is 1.34. The van der Waals surface area contributed by atoms with Crippen LogP contribution in [-0.2, 0) is 6.42 Å². The molecule has 0 radical (unpaired) electrons. The van der Waals surface area contributed by atoms with Crippen molar-refractivity contribution in [1.29, 1.82) is 0 Å². The van der Waals surface area contributed by atoms with Gasteiger partial charge in [-0.15, -0.1) is 0 Å². The second kappa shape index (κ2) is 6.54. The van der Waals surface area contributed by atoms with E-state index in [4.69, 9.17) is 0 Å². The number of amides is 1. The molecule has 1 aromatic heterocycles. The average Bonchev–Trinajstić information content (AvgIpc) is 3.37. The number of hydrogen-bond acceptors (Lipinski definition) is 3. The zero-order valence-corrected chi connectivity index (χ0v) is 13.8. The molecule has 1 N–H and O–H groups in total. The predicted octanol–water partition coefficient (Wildman–Crippen LogP) is 3.06. The Morgan fingerprint density at radius 1 is 1.20 bits per heavy atom. The molecule has 132 valence electrons. The highest BCUT2D eigenvalue weighted by atomic mass is 19.1. The molecule has 2 aliphatic rings. The normalized spacial score (nSPS) is 18.6. The topological polar surface area (TPSA) is 61.9 Å². The van der Waals surface area contributed by atoms with E-state index in [1.807, 2.05) is 0 Å². The molecule has 0 unspecified atom stereocenters. The van der Waals surface area contributed by atoms with Gasteiger partial charge < -0.3 is 4.90 Å². The summed E-state index contributed by atoms with van der Waals surface area (Å²) < 4.78 is 27.1. The Hall–Kier alpha value is -2.31. The Labute approximate surface area is 144 Å². The highest BCUT2D eigenvalue weighted by Gasteiger charge is 2.29. The van der Waals surface area contributed by atoms with Gasteiger partial charge in [0.25, 0.3) is 5.91 Å². The summed E-state index contributed by atoms with van der Waals surface area (Å²) in [6.07, 6.45) is 4.81. The minimum atomic E-state index is -0.678. The smallest absolute Gasteiger partial charge is 0.256 e. The van der Waals surface area contributed by atoms with Crippen LogP contribution in [0.1, 0.15) is 53.6 Å². The molecule has 5 nitrogen and oxygen atoms in total. The lowest BCUT2D eigenvalue weighted by Gasteiger charge is -2.31. The maximum absolute atomic E-state index is 13.8. The molecular formula is C18H20F2N4O. The number of aromatic nitrogens is 3. The van der Waals surface area contributed by atoms with Crippen molar-refractivity contribution in [2.45, 2.75) is 38.0 Å². The summed E-state index contributed by atoms with van der Waals surface area (Å²) in [5, 5.41) is 7.28. The maximum atomic E-state index is 13.8. The number of carbonyl (C=O) groups is 1. The lowest BCUT2D eigenvalue weighted by Crippen LogP contribution is -2.39. The summed E-state index contributed by atoms with van der Waals surface area (Å²) in [4.78, 5) is 18.6. The van der Waals surface area contributed by atoms with Gasteiger partial charge in [-0.3, -0.25) is 9.89 Å². The molecule has 2 fully saturated rings. The van der Waals surface area contributed by atoms with Gasteiger partial charge in [-0.2, -0.15) is 5.10 Å². The van der Waals surface area contributed by atoms with Crippen molar-refractivity contribution in [2.75, 3.05) is 13.1 Å². The molecule has 25 heavy (non-hydrogen) atoms. The molecule has 1 amide bonds. The fourth-order valence-corrected chi connectivity index (χ4v) is 3.37. The summed E-state index contributed by atoms with van der Waals surface area (Å²) in [6, 6.07) is 2.99. The maximum Gasteiger partial charge on any atom is 0.256 e. The van der Waals surface area contributed by atoms with Gasteiger partial charge in [0.15, 0.2) is 5.82 Å². The highest BCUT2D eigenvalue weighted by Crippen LogP contribution is 2.38. The monoisotopic (exact) mass is 346 g/mol. The lowest BCUT2D eigenvalue weighted by atomic mass is 9.93. The van der Waals surface area contributed by atoms with Crippen molar-refractivity contribution in [1.82, 2.24) is 20.1 Å². The second-order valence-corrected chi connectivity index (χ2v) is 6.98. The van der Waals surface area contributed by atoms with E-state index < -0.39 is 17.5 Å². The molecule has 1 aliphatic heterocycles. The van der Waals surface area contributed by atoms with Crippen LogP contribution in [0.5, 0.6) is 0 Å². The Morgan fingerprint density at radius 3 is 2.68 bits per heavy atom. The first kappa shape index (κ1) is 16.2. The predicted molar refractivity (Wildman–Crippen MR) is 87.0 cm³/mol. The summed E-state index contributed by atoms with van der Waals surface area (Å²) >= 11 is 0. The van der Waals surface area contributed by atoms with Gasteiger partial charge >= 0.3 is 0 Å². The number of aromatic amines is 1. The number of H-pyrrole nitrogens is 1. The van der Waals surface area contributed by atoms with E-state index >= 15 is 0 Å². The quantitative estimate of drug-likeness (QED) is 0.925. The average molecular weight is 346 g/mol. The Morgan fingerprint density at radius 2 is 1.96 bits per heavy atom. The van der Waals surface area contributed by atoms with Gasteiger partial charge in [-0.1, -0.05) is 0 Å². The van der Waals surface area contributed by atoms with Crippen molar-refractivity contribution in [2.24, 2.45) is 5.92 Å². The molecule has 0 atom stereocenters. The van der Waals surface area contributed by atoms with Gasteiger partial charge in [0.05, 0.1) is 5.56 Å². The Kier molecular flexibility index (Phi) is 4.23. The number of rotatable bonds is 4. The SMILES string of the molecule is O=C(c1cc(F)ccc1F)N1CCC(Cc2nc(C3CC3)n[nH]2)CC1. The Bertz CT molecular complexity index is 779. The summed E-state index contributed by atoms with van der Waals surface area (Å²) in [6.45, 7) is 1.09. The molecule has 1 saturated heterocycles. The number of benzene rings is 1. The lowest BCUT2D eigenvalue weighted by molar-refractivity contribution is 0.0684. The van der Waals surface area contributed by atoms with Crippen molar-refractivity contribution in [3.05, 3.63) is 47.0 Å². The third-order valence-corrected chi connectivity index (χ3v) is 5.03. The van der Waals surface area contributed by atoms with Crippen LogP contribution in [0.4, 0.5) is 8.78 Å². The van der Waals surface area contributed by atoms with E-state index in [2.05, 4.69) is 15.2 Å². The summed E-state index contributed by atoms with van der Waals surface area (Å²) in [5.74, 6) is 1.06. The van der Waals surface area contributed by atoms with Gasteiger partial charge in [-0.25, -0.2) is 13.8 Å². The van der Waals surface area contributed by atoms with Gasteiger partial charge in [0, 0.05) is 25.4 Å². The first-order valence-electron chi connectivity index (χ1n) is 8.75. The van der Waals surface area contributed by atoms with E-state index in [1.165, 1.54) is 12.8 Å². The van der Waals surface area contributed by atoms with Crippen LogP contribution < -0.4 is 0 Å². The molecule has 1 aliphatic carbocycles. The summed E-state index contributed by atoms with van der Waals surface area (Å²) in [5.41, 5.74) is -0.192. The number of hydrogen-bond donors (Lipinski definition) is 1. The second-order valence-electron chi connectivity index (χ2n) is 6.98. The molecular weight excluding hydrogens is 326 g/mol. The fraction of sp³-hybridized carbons (Fsp3) is 0.500. The van der Waals surface area contributed by atoms with Crippen LogP contribution in [0.3, 0.4) is 0 Å². The van der Waals surface area contributed by atoms with Gasteiger partial charge in [0.1, 0.15) is 17.5 Å². The largest absolute Gasteiger partial charge is 0.339 e. The van der Waals surface area contributed by atoms with Crippen LogP contribution >= 0.6 is 0 Å². The third kappa shape index (κ3) is 3.55. The van der Waals surface area contributed by atoms with Crippen LogP contribution in [-0.4, -0.2) is 39.1 Å². The number of likely N-dealkylation sites (tertiary alicyclic amines) is 1. The molecule has 1 saturated carbocycles. The number of halogens is 2. The minimum absolute atomic E-state index is 0.192. The van der Waals surface area contributed by atoms with E-state index in [0.29, 0.717) is 24.9 Å². The molecule has 0 spiro atoms. The van der Waals surface area contributed by atoms with Crippen molar-refractivity contribution in [3.63, 3.8) is 0 Å². The number of nitrogens with zero attached hydrogens (tertiary/aromatic N) is 3. The zero-order valence-electron chi connectivity index (χ0n) is 13.8. The van der Waals surface area contributed by atoms with E-state index in [-0.39, 0.29) is 5.56 Å². The minimum Gasteiger partial charge on any atom is -0.339 e. The zero-order chi connectivity index (χ0) is 17.4. The van der Waals surface area contributed by atoms with E-state index in [9.17, 15) is 13.6 Å². The molecule has 7 heteroatoms. The van der Waals surface area contributed by atoms with Gasteiger partial charge in [0.2, 0.25) is 0 Å². The van der Waals surface area contributed by atoms with Crippen LogP contribution in [0.2, 0.25) is 0 Å². The van der Waals surface area contributed by atoms with Crippen molar-refractivity contribution >= 4 is 5.91 Å². The number of piperidine rings is 1.